The van der Waals surface area contributed by atoms with Crippen molar-refractivity contribution < 1.29 is 42.1 Å². The van der Waals surface area contributed by atoms with Crippen LogP contribution in [0, 0.1) is 17.5 Å². The quantitative estimate of drug-likeness (QED) is 0.409. The van der Waals surface area contributed by atoms with Crippen molar-refractivity contribution in [3.05, 3.63) is 58.9 Å². The average Bonchev–Trinajstić information content (AvgIpc) is 3.35. The summed E-state index contributed by atoms with van der Waals surface area (Å²) in [7, 11) is 0. The Kier molecular flexibility index (Phi) is 9.74. The first-order valence-electron chi connectivity index (χ1n) is 11.4. The predicted octanol–water partition coefficient (Wildman–Crippen LogP) is 2.23. The predicted molar refractivity (Wildman–Crippen MR) is 134 cm³/mol. The van der Waals surface area contributed by atoms with Gasteiger partial charge >= 0.3 is 5.97 Å². The molecule has 2 heterocycles. The number of nitrogens with two attached hydrogens (primary N) is 1. The number of rotatable bonds is 8. The van der Waals surface area contributed by atoms with Crippen LogP contribution < -0.4 is 20.5 Å². The molecule has 1 fully saturated rings. The van der Waals surface area contributed by atoms with Crippen LogP contribution in [-0.2, 0) is 27.3 Å². The zero-order chi connectivity index (χ0) is 26.7. The Morgan fingerprint density at radius 1 is 1.13 bits per heavy atom. The maximum absolute atomic E-state index is 13.9. The number of amides is 2. The number of hydrogen-bond donors (Lipinski definition) is 3. The molecule has 2 aromatic carbocycles. The number of carbonyl (C=O) groups excluding carboxylic acids is 2. The van der Waals surface area contributed by atoms with Gasteiger partial charge in [-0.05, 0) is 35.7 Å². The third kappa shape index (κ3) is 6.83. The van der Waals surface area contributed by atoms with Gasteiger partial charge in [0.15, 0.2) is 28.5 Å². The SMILES string of the molecule is Cl.N[C@@H](CC(=O)N1CCSC1C(=O)NCc1ccc2c(c1)OCC(C(=O)O)O2)Cc1cc(F)c(F)cc1F. The second-order valence-corrected chi connectivity index (χ2v) is 9.78. The van der Waals surface area contributed by atoms with Gasteiger partial charge < -0.3 is 30.5 Å². The molecule has 206 valence electrons. The number of carboxylic acid groups (broad SMARTS) is 1. The van der Waals surface area contributed by atoms with Crippen LogP contribution in [0.2, 0.25) is 0 Å². The fraction of sp³-hybridized carbons (Fsp3) is 0.375. The highest BCUT2D eigenvalue weighted by Gasteiger charge is 2.35. The van der Waals surface area contributed by atoms with Crippen LogP contribution in [0.3, 0.4) is 0 Å². The summed E-state index contributed by atoms with van der Waals surface area (Å²) in [5.41, 5.74) is 6.52. The minimum absolute atomic E-state index is 0. The fourth-order valence-electron chi connectivity index (χ4n) is 3.98. The number of aliphatic carboxylic acids is 1. The highest BCUT2D eigenvalue weighted by molar-refractivity contribution is 8.00. The van der Waals surface area contributed by atoms with Crippen LogP contribution >= 0.6 is 24.2 Å². The van der Waals surface area contributed by atoms with Crippen LogP contribution in [0.5, 0.6) is 11.5 Å². The van der Waals surface area contributed by atoms with E-state index in [4.69, 9.17) is 20.3 Å². The van der Waals surface area contributed by atoms with E-state index in [1.54, 1.807) is 18.2 Å². The normalized spacial score (nSPS) is 18.9. The molecule has 0 aliphatic carbocycles. The van der Waals surface area contributed by atoms with Crippen molar-refractivity contribution in [3.8, 4) is 11.5 Å². The lowest BCUT2D eigenvalue weighted by Gasteiger charge is -2.25. The fourth-order valence-corrected chi connectivity index (χ4v) is 5.15. The van der Waals surface area contributed by atoms with Crippen molar-refractivity contribution in [2.45, 2.75) is 36.9 Å². The van der Waals surface area contributed by atoms with Gasteiger partial charge in [0.1, 0.15) is 12.4 Å². The van der Waals surface area contributed by atoms with Gasteiger partial charge in [-0.25, -0.2) is 18.0 Å². The van der Waals surface area contributed by atoms with Gasteiger partial charge in [0, 0.05) is 37.4 Å². The third-order valence-corrected chi connectivity index (χ3v) is 7.06. The summed E-state index contributed by atoms with van der Waals surface area (Å²) in [6.45, 7) is 0.313. The van der Waals surface area contributed by atoms with E-state index in [1.807, 2.05) is 0 Å². The molecule has 38 heavy (non-hydrogen) atoms. The van der Waals surface area contributed by atoms with E-state index < -0.39 is 52.8 Å². The van der Waals surface area contributed by atoms with Crippen LogP contribution in [0.1, 0.15) is 17.5 Å². The topological polar surface area (TPSA) is 131 Å². The maximum atomic E-state index is 13.9. The molecule has 4 N–H and O–H groups in total. The molecule has 14 heteroatoms. The summed E-state index contributed by atoms with van der Waals surface area (Å²) in [6, 6.07) is 5.15. The van der Waals surface area contributed by atoms with Gasteiger partial charge in [-0.2, -0.15) is 0 Å². The molecule has 0 spiro atoms. The lowest BCUT2D eigenvalue weighted by atomic mass is 10.0. The summed E-state index contributed by atoms with van der Waals surface area (Å²) in [6.07, 6.45) is -1.48. The van der Waals surface area contributed by atoms with E-state index in [9.17, 15) is 27.6 Å². The average molecular weight is 576 g/mol. The molecule has 2 aliphatic heterocycles. The lowest BCUT2D eigenvalue weighted by molar-refractivity contribution is -0.147. The van der Waals surface area contributed by atoms with Gasteiger partial charge in [0.25, 0.3) is 5.91 Å². The smallest absolute Gasteiger partial charge is 0.348 e. The molecular formula is C24H25ClF3N3O6S. The summed E-state index contributed by atoms with van der Waals surface area (Å²) >= 11 is 1.29. The molecule has 0 bridgehead atoms. The number of thioether (sulfide) groups is 1. The highest BCUT2D eigenvalue weighted by Crippen LogP contribution is 2.33. The molecule has 2 unspecified atom stereocenters. The zero-order valence-corrected chi connectivity index (χ0v) is 21.5. The molecule has 1 saturated heterocycles. The highest BCUT2D eigenvalue weighted by atomic mass is 35.5. The molecule has 0 aromatic heterocycles. The summed E-state index contributed by atoms with van der Waals surface area (Å²) < 4.78 is 51.3. The number of carboxylic acids is 1. The van der Waals surface area contributed by atoms with Gasteiger partial charge in [0.05, 0.1) is 0 Å². The Bertz CT molecular complexity index is 1220. The summed E-state index contributed by atoms with van der Waals surface area (Å²) in [5.74, 6) is -4.21. The molecule has 2 aromatic rings. The van der Waals surface area contributed by atoms with E-state index in [0.717, 1.165) is 6.07 Å². The number of benzene rings is 2. The monoisotopic (exact) mass is 575 g/mol. The molecule has 2 amide bonds. The molecule has 9 nitrogen and oxygen atoms in total. The first-order chi connectivity index (χ1) is 17.6. The number of hydrogen-bond acceptors (Lipinski definition) is 7. The van der Waals surface area contributed by atoms with E-state index in [0.29, 0.717) is 29.7 Å². The molecule has 3 atom stereocenters. The molecule has 4 rings (SSSR count). The summed E-state index contributed by atoms with van der Waals surface area (Å²) in [5, 5.41) is 11.0. The van der Waals surface area contributed by atoms with Gasteiger partial charge in [-0.15, -0.1) is 24.2 Å². The van der Waals surface area contributed by atoms with E-state index in [-0.39, 0.29) is 49.7 Å². The van der Waals surface area contributed by atoms with Gasteiger partial charge in [0.2, 0.25) is 12.0 Å². The molecule has 0 saturated carbocycles. The van der Waals surface area contributed by atoms with Crippen molar-refractivity contribution >= 4 is 42.0 Å². The van der Waals surface area contributed by atoms with Crippen molar-refractivity contribution in [1.29, 1.82) is 0 Å². The van der Waals surface area contributed by atoms with Gasteiger partial charge in [-0.1, -0.05) is 6.07 Å². The van der Waals surface area contributed by atoms with E-state index in [2.05, 4.69) is 5.32 Å². The Labute approximate surface area is 226 Å². The number of nitrogens with one attached hydrogen (secondary N) is 1. The first kappa shape index (κ1) is 29.4. The second-order valence-electron chi connectivity index (χ2n) is 8.59. The van der Waals surface area contributed by atoms with Crippen LogP contribution in [-0.4, -0.2) is 64.2 Å². The van der Waals surface area contributed by atoms with Crippen LogP contribution in [0.15, 0.2) is 30.3 Å². The minimum atomic E-state index is -1.31. The Balaban J connectivity index is 0.00000400. The number of carbonyl (C=O) groups is 3. The molecular weight excluding hydrogens is 551 g/mol. The molecule has 0 radical (unpaired) electrons. The van der Waals surface area contributed by atoms with Crippen LogP contribution in [0.25, 0.3) is 0 Å². The number of fused-ring (bicyclic) bond motifs is 1. The number of nitrogens with zero attached hydrogens (tertiary/aromatic N) is 1. The standard InChI is InChI=1S/C24H24F3N3O6S.ClH/c25-15-9-17(27)16(26)7-13(15)6-14(28)8-21(31)30-3-4-37-23(30)22(32)29-10-12-1-2-18-19(5-12)35-11-20(36-18)24(33)34;/h1-2,5,7,9,14,20,23H,3-4,6,8,10-11,28H2,(H,29,32)(H,33,34);1H/t14-,20?,23?;/m1./s1. The number of ether oxygens (including phenoxy) is 2. The van der Waals surface area contributed by atoms with E-state index in [1.165, 1.54) is 16.7 Å². The third-order valence-electron chi connectivity index (χ3n) is 5.85. The van der Waals surface area contributed by atoms with Crippen molar-refractivity contribution in [1.82, 2.24) is 10.2 Å². The minimum Gasteiger partial charge on any atom is -0.485 e. The Morgan fingerprint density at radius 2 is 1.87 bits per heavy atom. The Morgan fingerprint density at radius 3 is 2.61 bits per heavy atom. The van der Waals surface area contributed by atoms with Crippen molar-refractivity contribution in [2.24, 2.45) is 5.73 Å². The lowest BCUT2D eigenvalue weighted by Crippen LogP contribution is -2.46. The Hall–Kier alpha value is -3.16. The van der Waals surface area contributed by atoms with E-state index >= 15 is 0 Å². The van der Waals surface area contributed by atoms with Crippen molar-refractivity contribution in [3.63, 3.8) is 0 Å². The zero-order valence-electron chi connectivity index (χ0n) is 19.8. The van der Waals surface area contributed by atoms with Crippen molar-refractivity contribution in [2.75, 3.05) is 18.9 Å². The largest absolute Gasteiger partial charge is 0.485 e. The van der Waals surface area contributed by atoms with Gasteiger partial charge in [-0.3, -0.25) is 9.59 Å². The van der Waals surface area contributed by atoms with Crippen LogP contribution in [0.4, 0.5) is 13.2 Å². The second kappa shape index (κ2) is 12.6. The summed E-state index contributed by atoms with van der Waals surface area (Å²) in [4.78, 5) is 38.1. The molecule has 2 aliphatic rings. The first-order valence-corrected chi connectivity index (χ1v) is 12.4. The maximum Gasteiger partial charge on any atom is 0.348 e. The number of halogens is 4.